The first-order chi connectivity index (χ1) is 12.4. The Kier molecular flexibility index (Phi) is 6.02. The number of aryl methyl sites for hydroxylation is 2. The molecule has 146 valence electrons. The summed E-state index contributed by atoms with van der Waals surface area (Å²) < 4.78 is 32.4. The highest BCUT2D eigenvalue weighted by atomic mass is 32.2. The second-order valence-electron chi connectivity index (χ2n) is 7.55. The first kappa shape index (κ1) is 19.4. The maximum absolute atomic E-state index is 13.0. The van der Waals surface area contributed by atoms with Crippen LogP contribution in [0.1, 0.15) is 62.8 Å². The molecule has 2 aliphatic rings. The van der Waals surface area contributed by atoms with Crippen LogP contribution < -0.4 is 5.32 Å². The summed E-state index contributed by atoms with van der Waals surface area (Å²) in [6, 6.07) is 0.236. The number of rotatable bonds is 4. The third kappa shape index (κ3) is 4.11. The van der Waals surface area contributed by atoms with E-state index in [1.807, 2.05) is 0 Å². The van der Waals surface area contributed by atoms with E-state index in [0.29, 0.717) is 24.4 Å². The first-order valence-corrected chi connectivity index (χ1v) is 11.1. The number of carbonyl (C=O) groups is 1. The molecule has 1 atom stereocenters. The minimum Gasteiger partial charge on any atom is -0.360 e. The molecule has 0 unspecified atom stereocenters. The molecule has 1 saturated carbocycles. The van der Waals surface area contributed by atoms with Gasteiger partial charge in [0.1, 0.15) is 10.6 Å². The molecule has 1 amide bonds. The van der Waals surface area contributed by atoms with Gasteiger partial charge in [0.15, 0.2) is 5.76 Å². The van der Waals surface area contributed by atoms with Crippen LogP contribution in [-0.4, -0.2) is 42.9 Å². The number of nitrogens with one attached hydrogen (secondary N) is 1. The fraction of sp³-hybridized carbons (Fsp3) is 0.778. The Morgan fingerprint density at radius 1 is 1.12 bits per heavy atom. The zero-order valence-electron chi connectivity index (χ0n) is 15.7. The molecule has 2 heterocycles. The van der Waals surface area contributed by atoms with Crippen LogP contribution in [-0.2, 0) is 14.8 Å². The topological polar surface area (TPSA) is 92.5 Å². The Balaban J connectivity index is 1.68. The maximum atomic E-state index is 13.0. The number of carbonyl (C=O) groups excluding carboxylic acids is 1. The summed E-state index contributed by atoms with van der Waals surface area (Å²) in [5.41, 5.74) is 0.368. The molecule has 0 radical (unpaired) electrons. The van der Waals surface area contributed by atoms with Gasteiger partial charge >= 0.3 is 0 Å². The van der Waals surface area contributed by atoms with E-state index in [9.17, 15) is 13.2 Å². The van der Waals surface area contributed by atoms with E-state index < -0.39 is 10.0 Å². The van der Waals surface area contributed by atoms with Crippen LogP contribution in [0.25, 0.3) is 0 Å². The molecule has 26 heavy (non-hydrogen) atoms. The summed E-state index contributed by atoms with van der Waals surface area (Å²) in [4.78, 5) is 12.8. The quantitative estimate of drug-likeness (QED) is 0.807. The first-order valence-electron chi connectivity index (χ1n) is 9.63. The van der Waals surface area contributed by atoms with Crippen molar-refractivity contribution in [2.45, 2.75) is 76.2 Å². The molecular weight excluding hydrogens is 354 g/mol. The lowest BCUT2D eigenvalue weighted by Crippen LogP contribution is -2.47. The van der Waals surface area contributed by atoms with Crippen LogP contribution >= 0.6 is 0 Å². The van der Waals surface area contributed by atoms with Gasteiger partial charge in [-0.15, -0.1) is 0 Å². The van der Waals surface area contributed by atoms with E-state index in [1.54, 1.807) is 13.8 Å². The maximum Gasteiger partial charge on any atom is 0.248 e. The SMILES string of the molecule is Cc1noc(C)c1S(=O)(=O)N1CCC[C@@H](C(=O)NC2CCCCCC2)C1. The Bertz CT molecular complexity index is 716. The molecule has 1 saturated heterocycles. The third-order valence-corrected chi connectivity index (χ3v) is 7.63. The van der Waals surface area contributed by atoms with Gasteiger partial charge < -0.3 is 9.84 Å². The van der Waals surface area contributed by atoms with Crippen molar-refractivity contribution >= 4 is 15.9 Å². The Labute approximate surface area is 155 Å². The number of aromatic nitrogens is 1. The summed E-state index contributed by atoms with van der Waals surface area (Å²) >= 11 is 0. The van der Waals surface area contributed by atoms with Crippen molar-refractivity contribution in [3.8, 4) is 0 Å². The van der Waals surface area contributed by atoms with Gasteiger partial charge in [-0.3, -0.25) is 4.79 Å². The highest BCUT2D eigenvalue weighted by molar-refractivity contribution is 7.89. The molecule has 7 nitrogen and oxygen atoms in total. The Morgan fingerprint density at radius 3 is 2.42 bits per heavy atom. The smallest absolute Gasteiger partial charge is 0.248 e. The molecular formula is C18H29N3O4S. The minimum absolute atomic E-state index is 0.00411. The lowest BCUT2D eigenvalue weighted by molar-refractivity contribution is -0.126. The summed E-state index contributed by atoms with van der Waals surface area (Å²) in [6.07, 6.45) is 8.25. The number of nitrogens with zero attached hydrogens (tertiary/aromatic N) is 2. The summed E-state index contributed by atoms with van der Waals surface area (Å²) in [5, 5.41) is 6.92. The van der Waals surface area contributed by atoms with E-state index in [0.717, 1.165) is 32.1 Å². The summed E-state index contributed by atoms with van der Waals surface area (Å²) in [6.45, 7) is 3.89. The second kappa shape index (κ2) is 8.08. The Morgan fingerprint density at radius 2 is 1.81 bits per heavy atom. The van der Waals surface area contributed by atoms with Crippen molar-refractivity contribution in [3.63, 3.8) is 0 Å². The van der Waals surface area contributed by atoms with E-state index in [-0.39, 0.29) is 29.3 Å². The second-order valence-corrected chi connectivity index (χ2v) is 9.43. The van der Waals surface area contributed by atoms with Gasteiger partial charge in [-0.1, -0.05) is 30.8 Å². The monoisotopic (exact) mass is 383 g/mol. The zero-order valence-corrected chi connectivity index (χ0v) is 16.5. The van der Waals surface area contributed by atoms with Crippen LogP contribution in [0.5, 0.6) is 0 Å². The van der Waals surface area contributed by atoms with Crippen LogP contribution in [0.4, 0.5) is 0 Å². The molecule has 0 aromatic carbocycles. The van der Waals surface area contributed by atoms with Crippen LogP contribution in [0, 0.1) is 19.8 Å². The number of sulfonamides is 1. The lowest BCUT2D eigenvalue weighted by atomic mass is 9.97. The van der Waals surface area contributed by atoms with Crippen molar-refractivity contribution in [1.29, 1.82) is 0 Å². The van der Waals surface area contributed by atoms with Gasteiger partial charge in [0.25, 0.3) is 0 Å². The van der Waals surface area contributed by atoms with E-state index in [4.69, 9.17) is 4.52 Å². The minimum atomic E-state index is -3.69. The fourth-order valence-electron chi connectivity index (χ4n) is 4.09. The van der Waals surface area contributed by atoms with Crippen molar-refractivity contribution in [3.05, 3.63) is 11.5 Å². The lowest BCUT2D eigenvalue weighted by Gasteiger charge is -2.32. The molecule has 0 spiro atoms. The number of hydrogen-bond donors (Lipinski definition) is 1. The summed E-state index contributed by atoms with van der Waals surface area (Å²) in [5.74, 6) is 0.00495. The van der Waals surface area contributed by atoms with Crippen molar-refractivity contribution in [1.82, 2.24) is 14.8 Å². The largest absolute Gasteiger partial charge is 0.360 e. The average molecular weight is 384 g/mol. The van der Waals surface area contributed by atoms with Crippen molar-refractivity contribution in [2.75, 3.05) is 13.1 Å². The number of hydrogen-bond acceptors (Lipinski definition) is 5. The van der Waals surface area contributed by atoms with Crippen LogP contribution in [0.3, 0.4) is 0 Å². The Hall–Kier alpha value is -1.41. The highest BCUT2D eigenvalue weighted by Gasteiger charge is 2.36. The molecule has 1 aliphatic heterocycles. The standard InChI is InChI=1S/C18H29N3O4S/c1-13-17(14(2)25-20-13)26(23,24)21-11-7-8-15(12-21)18(22)19-16-9-5-3-4-6-10-16/h15-16H,3-12H2,1-2H3,(H,19,22)/t15-/m1/s1. The van der Waals surface area contributed by atoms with Gasteiger partial charge in [0, 0.05) is 19.1 Å². The van der Waals surface area contributed by atoms with Crippen molar-refractivity contribution in [2.24, 2.45) is 5.92 Å². The summed E-state index contributed by atoms with van der Waals surface area (Å²) in [7, 11) is -3.69. The van der Waals surface area contributed by atoms with Gasteiger partial charge in [-0.05, 0) is 39.5 Å². The molecule has 2 fully saturated rings. The predicted octanol–water partition coefficient (Wildman–Crippen LogP) is 2.53. The molecule has 3 rings (SSSR count). The fourth-order valence-corrected chi connectivity index (χ4v) is 5.90. The van der Waals surface area contributed by atoms with Gasteiger partial charge in [0.2, 0.25) is 15.9 Å². The van der Waals surface area contributed by atoms with Crippen LogP contribution in [0.2, 0.25) is 0 Å². The molecule has 1 N–H and O–H groups in total. The predicted molar refractivity (Wildman–Crippen MR) is 97.1 cm³/mol. The molecule has 0 bridgehead atoms. The number of piperidine rings is 1. The molecule has 1 aromatic heterocycles. The average Bonchev–Trinajstić information content (AvgIpc) is 2.81. The van der Waals surface area contributed by atoms with E-state index in [2.05, 4.69) is 10.5 Å². The third-order valence-electron chi connectivity index (χ3n) is 5.52. The van der Waals surface area contributed by atoms with E-state index in [1.165, 1.54) is 17.1 Å². The van der Waals surface area contributed by atoms with Gasteiger partial charge in [-0.25, -0.2) is 8.42 Å². The highest BCUT2D eigenvalue weighted by Crippen LogP contribution is 2.28. The van der Waals surface area contributed by atoms with Crippen molar-refractivity contribution < 1.29 is 17.7 Å². The zero-order chi connectivity index (χ0) is 18.7. The molecule has 1 aromatic rings. The molecule has 8 heteroatoms. The van der Waals surface area contributed by atoms with Gasteiger partial charge in [-0.2, -0.15) is 4.31 Å². The van der Waals surface area contributed by atoms with E-state index >= 15 is 0 Å². The normalized spacial score (nSPS) is 23.5. The van der Waals surface area contributed by atoms with Crippen LogP contribution in [0.15, 0.2) is 9.42 Å². The van der Waals surface area contributed by atoms with Gasteiger partial charge in [0.05, 0.1) is 5.92 Å². The number of amides is 1. The molecule has 1 aliphatic carbocycles.